The van der Waals surface area contributed by atoms with Crippen LogP contribution in [0.1, 0.15) is 146 Å². The Kier molecular flexibility index (Phi) is 42.4. The number of nitrogens with two attached hydrogens (primary N) is 3. The molecule has 0 bridgehead atoms. The van der Waals surface area contributed by atoms with Gasteiger partial charge in [0.25, 0.3) is 0 Å². The second-order valence-corrected chi connectivity index (χ2v) is 28.6. The van der Waals surface area contributed by atoms with Crippen LogP contribution in [0, 0.1) is 5.92 Å². The Balaban J connectivity index is 1.21. The van der Waals surface area contributed by atoms with Crippen LogP contribution in [0.15, 0.2) is 104 Å². The van der Waals surface area contributed by atoms with E-state index in [1.54, 1.807) is 0 Å². The van der Waals surface area contributed by atoms with E-state index in [9.17, 15) is 47.9 Å². The van der Waals surface area contributed by atoms with E-state index in [1.165, 1.54) is 17.4 Å². The molecule has 0 aliphatic carbocycles. The Morgan fingerprint density at radius 2 is 1.11 bits per heavy atom. The van der Waals surface area contributed by atoms with E-state index >= 15 is 4.79 Å². The number of carbonyl (C=O) groups excluding carboxylic acids is 11. The fourth-order valence-electron chi connectivity index (χ4n) is 11.8. The molecule has 0 radical (unpaired) electrons. The third-order valence-electron chi connectivity index (χ3n) is 17.7. The van der Waals surface area contributed by atoms with E-state index in [1.807, 2.05) is 119 Å². The average Bonchev–Trinajstić information content (AvgIpc) is 1.44. The lowest BCUT2D eigenvalue weighted by atomic mass is 9.84. The molecule has 1 aliphatic rings. The number of carbonyl (C=O) groups is 11. The van der Waals surface area contributed by atoms with Gasteiger partial charge in [0.15, 0.2) is 0 Å². The van der Waals surface area contributed by atoms with Crippen molar-refractivity contribution in [3.8, 4) is 0 Å². The van der Waals surface area contributed by atoms with E-state index in [0.717, 1.165) is 33.6 Å². The summed E-state index contributed by atoms with van der Waals surface area (Å²) in [5, 5.41) is 22.8. The van der Waals surface area contributed by atoms with Crippen molar-refractivity contribution in [2.45, 2.75) is 185 Å². The zero-order valence-electron chi connectivity index (χ0n) is 61.7. The van der Waals surface area contributed by atoms with Crippen molar-refractivity contribution >= 4 is 86.6 Å². The summed E-state index contributed by atoms with van der Waals surface area (Å²) in [5.74, 6) is -7.41. The summed E-state index contributed by atoms with van der Waals surface area (Å²) in [6.45, 7) is 11.8. The number of nitrogens with one attached hydrogen (secondary N) is 9. The zero-order chi connectivity index (χ0) is 76.9. The highest BCUT2D eigenvalue weighted by Gasteiger charge is 2.43. The predicted molar refractivity (Wildman–Crippen MR) is 406 cm³/mol. The molecule has 1 fully saturated rings. The Morgan fingerprint density at radius 3 is 1.67 bits per heavy atom. The molecule has 0 spiro atoms. The molecule has 1 aromatic heterocycles. The molecule has 15 N–H and O–H groups in total. The number of imidazole rings is 1. The molecule has 1 saturated heterocycles. The number of rotatable bonds is 55. The average molecular weight is 1510 g/mol. The number of likely N-dealkylation sites (tertiary alicyclic amines) is 1. The second kappa shape index (κ2) is 50.9. The summed E-state index contributed by atoms with van der Waals surface area (Å²) in [4.78, 5) is 161. The van der Waals surface area contributed by atoms with Crippen LogP contribution in [-0.2, 0) is 84.5 Å². The number of hydrogen-bond donors (Lipinski definition) is 12. The molecule has 5 rings (SSSR count). The predicted octanol–water partition coefficient (Wildman–Crippen LogP) is 3.28. The standard InChI is InChI=1S/C75H112N14O15S2/c1-5-22-64(91)85-59(45-56-47-79-50-81-56)73(98)88-68(67(53-25-13-9-14-26-53)54-27-15-10-16-28-54)75(100)89-35-21-31-62(89)74(99)87-61(70(78)95)49-106-105-48-60(69(77)94)86-72(97)58(29-17-19-33-76)84-66(93)46-55(44-52-23-11-8-12-24-52)82-71(96)57(83-65(92)43-51(4)6-2)30-18-20-34-80-63(90)32-36-102-39-40-104-42-41-103-38-37-101-7-3/h8-16,23-28,47,50-51,55,57-62,67-68H,5-7,17-22,29-46,48-49,76H2,1-4H3,(H2,77,94)(H2,78,95)(H,79,81)(H,80,90)(H,82,96)(H,83,92)(H,84,93)(H,85,91)(H,86,97)(H,87,99)(H,88,98)/t51-,55-,57-,58+,59-,60-,61-,62-,68-/m0/s1. The lowest BCUT2D eigenvalue weighted by Gasteiger charge is -2.34. The Bertz CT molecular complexity index is 3260. The molecule has 3 aromatic carbocycles. The molecule has 2 heterocycles. The van der Waals surface area contributed by atoms with Crippen molar-refractivity contribution in [2.24, 2.45) is 23.1 Å². The van der Waals surface area contributed by atoms with Gasteiger partial charge in [-0.1, -0.05) is 140 Å². The third kappa shape index (κ3) is 33.5. The number of benzene rings is 3. The SMILES string of the molecule is CCCC(=O)N[C@@H](Cc1cnc[nH]1)C(=O)N[C@H](C(=O)N1CCC[C@H]1C(=O)N[C@@H](CSSC[C@H](NC(=O)[C@@H](CCCCN)NC(=O)C[C@H](Cc1ccccc1)NC(=O)[C@H](CCCCNC(=O)CCOCCOCCOCCOCC)NC(=O)C[C@@H](C)CC)C(N)=O)C(N)=O)C(c1ccccc1)c1ccccc1. The van der Waals surface area contributed by atoms with Crippen molar-refractivity contribution < 1.29 is 71.7 Å². The third-order valence-corrected chi connectivity index (χ3v) is 20.1. The van der Waals surface area contributed by atoms with E-state index < -0.39 is 102 Å². The van der Waals surface area contributed by atoms with Gasteiger partial charge in [0.05, 0.1) is 52.6 Å². The maximum atomic E-state index is 15.4. The number of hydrogen-bond acceptors (Lipinski definition) is 19. The number of nitrogens with zero attached hydrogens (tertiary/aromatic N) is 2. The molecule has 11 amide bonds. The van der Waals surface area contributed by atoms with Crippen molar-refractivity contribution in [1.29, 1.82) is 0 Å². The first-order chi connectivity index (χ1) is 51.2. The van der Waals surface area contributed by atoms with Crippen molar-refractivity contribution in [2.75, 3.05) is 84.0 Å². The summed E-state index contributed by atoms with van der Waals surface area (Å²) in [6, 6.07) is 18.3. The van der Waals surface area contributed by atoms with Gasteiger partial charge in [-0.3, -0.25) is 52.7 Å². The number of unbranched alkanes of at least 4 members (excludes halogenated alkanes) is 2. The molecular weight excluding hydrogens is 1400 g/mol. The minimum absolute atomic E-state index is 0.0321. The molecule has 31 heteroatoms. The number of H-pyrrole nitrogens is 1. The van der Waals surface area contributed by atoms with E-state index in [4.69, 9.17) is 36.1 Å². The molecule has 584 valence electrons. The molecule has 1 aliphatic heterocycles. The molecule has 29 nitrogen and oxygen atoms in total. The number of primary amides is 2. The van der Waals surface area contributed by atoms with Crippen LogP contribution >= 0.6 is 21.6 Å². The van der Waals surface area contributed by atoms with Gasteiger partial charge in [-0.15, -0.1) is 0 Å². The largest absolute Gasteiger partial charge is 0.379 e. The summed E-state index contributed by atoms with van der Waals surface area (Å²) in [5.41, 5.74) is 20.3. The lowest BCUT2D eigenvalue weighted by Crippen LogP contribution is -2.59. The van der Waals surface area contributed by atoms with Gasteiger partial charge < -0.3 is 88.6 Å². The summed E-state index contributed by atoms with van der Waals surface area (Å²) >= 11 is 0. The van der Waals surface area contributed by atoms with Gasteiger partial charge >= 0.3 is 0 Å². The van der Waals surface area contributed by atoms with Crippen molar-refractivity contribution in [1.82, 2.24) is 57.4 Å². The Morgan fingerprint density at radius 1 is 0.575 bits per heavy atom. The Labute approximate surface area is 630 Å². The van der Waals surface area contributed by atoms with Crippen LogP contribution in [0.2, 0.25) is 0 Å². The molecule has 0 saturated carbocycles. The van der Waals surface area contributed by atoms with Crippen LogP contribution in [0.5, 0.6) is 0 Å². The van der Waals surface area contributed by atoms with Gasteiger partial charge in [-0.25, -0.2) is 4.98 Å². The fraction of sp³-hybridized carbons (Fsp3) is 0.573. The summed E-state index contributed by atoms with van der Waals surface area (Å²) in [6.07, 6.45) is 7.49. The van der Waals surface area contributed by atoms with Crippen LogP contribution < -0.4 is 59.7 Å². The highest BCUT2D eigenvalue weighted by Crippen LogP contribution is 2.32. The van der Waals surface area contributed by atoms with E-state index in [-0.39, 0.29) is 106 Å². The molecule has 4 aromatic rings. The fourth-order valence-corrected chi connectivity index (χ4v) is 14.1. The van der Waals surface area contributed by atoms with Crippen LogP contribution in [0.25, 0.3) is 0 Å². The van der Waals surface area contributed by atoms with Gasteiger partial charge in [-0.05, 0) is 100 Å². The zero-order valence-corrected chi connectivity index (χ0v) is 63.3. The Hall–Kier alpha value is -8.46. The second-order valence-electron chi connectivity index (χ2n) is 26.1. The number of aromatic nitrogens is 2. The van der Waals surface area contributed by atoms with Gasteiger partial charge in [-0.2, -0.15) is 0 Å². The van der Waals surface area contributed by atoms with E-state index in [2.05, 4.69) is 52.5 Å². The molecule has 0 unspecified atom stereocenters. The number of ether oxygens (including phenoxy) is 4. The quantitative estimate of drug-likeness (QED) is 0.0223. The first-order valence-corrected chi connectivity index (χ1v) is 39.4. The highest BCUT2D eigenvalue weighted by atomic mass is 33.1. The van der Waals surface area contributed by atoms with Crippen molar-refractivity contribution in [3.05, 3.63) is 126 Å². The summed E-state index contributed by atoms with van der Waals surface area (Å²) < 4.78 is 21.7. The minimum atomic E-state index is -1.31. The molecule has 9 atom stereocenters. The van der Waals surface area contributed by atoms with Crippen LogP contribution in [-0.4, -0.2) is 212 Å². The van der Waals surface area contributed by atoms with Crippen LogP contribution in [0.4, 0.5) is 0 Å². The smallest absolute Gasteiger partial charge is 0.246 e. The van der Waals surface area contributed by atoms with Crippen molar-refractivity contribution in [3.63, 3.8) is 0 Å². The van der Waals surface area contributed by atoms with Crippen LogP contribution in [0.3, 0.4) is 0 Å². The molecular formula is C75H112N14O15S2. The monoisotopic (exact) mass is 1510 g/mol. The maximum Gasteiger partial charge on any atom is 0.246 e. The maximum absolute atomic E-state index is 15.4. The first kappa shape index (κ1) is 88.2. The minimum Gasteiger partial charge on any atom is -0.379 e. The number of aromatic amines is 1. The van der Waals surface area contributed by atoms with Gasteiger partial charge in [0.2, 0.25) is 65.0 Å². The topological polar surface area (TPSA) is 431 Å². The normalized spacial score (nSPS) is 15.0. The van der Waals surface area contributed by atoms with Gasteiger partial charge in [0.1, 0.15) is 42.3 Å². The van der Waals surface area contributed by atoms with E-state index in [0.29, 0.717) is 115 Å². The highest BCUT2D eigenvalue weighted by molar-refractivity contribution is 8.76. The van der Waals surface area contributed by atoms with Gasteiger partial charge in [0, 0.05) is 87.2 Å². The lowest BCUT2D eigenvalue weighted by molar-refractivity contribution is -0.142. The first-order valence-electron chi connectivity index (χ1n) is 36.9. The molecule has 106 heavy (non-hydrogen) atoms. The summed E-state index contributed by atoms with van der Waals surface area (Å²) in [7, 11) is 2.11. The number of amides is 11.